The Balaban J connectivity index is 1.94. The summed E-state index contributed by atoms with van der Waals surface area (Å²) in [5, 5.41) is 12.2. The summed E-state index contributed by atoms with van der Waals surface area (Å²) in [6, 6.07) is 0. The molecule has 0 saturated heterocycles. The van der Waals surface area contributed by atoms with E-state index >= 15 is 0 Å². The quantitative estimate of drug-likeness (QED) is 0.917. The van der Waals surface area contributed by atoms with Crippen molar-refractivity contribution in [2.75, 3.05) is 0 Å². The minimum absolute atomic E-state index is 0.00747. The average molecular weight is 324 g/mol. The molecule has 0 saturated carbocycles. The van der Waals surface area contributed by atoms with Gasteiger partial charge in [0, 0.05) is 25.4 Å². The Morgan fingerprint density at radius 3 is 2.50 bits per heavy atom. The number of nitrogens with zero attached hydrogens (tertiary/aromatic N) is 4. The van der Waals surface area contributed by atoms with Gasteiger partial charge in [-0.15, -0.1) is 0 Å². The number of amides is 1. The first-order valence-corrected chi connectivity index (χ1v) is 7.63. The molecule has 0 aliphatic carbocycles. The Bertz CT molecular complexity index is 688. The van der Waals surface area contributed by atoms with Crippen LogP contribution in [0.5, 0.6) is 0 Å². The van der Waals surface area contributed by atoms with E-state index in [9.17, 15) is 4.79 Å². The summed E-state index contributed by atoms with van der Waals surface area (Å²) in [7, 11) is 1.87. The lowest BCUT2D eigenvalue weighted by molar-refractivity contribution is -0.125. The van der Waals surface area contributed by atoms with Crippen molar-refractivity contribution in [3.8, 4) is 0 Å². The van der Waals surface area contributed by atoms with Crippen molar-refractivity contribution in [2.45, 2.75) is 40.8 Å². The number of nitrogens with one attached hydrogen (secondary N) is 1. The molecule has 6 nitrogen and oxygen atoms in total. The summed E-state index contributed by atoms with van der Waals surface area (Å²) in [6.45, 7) is 8.59. The Hall–Kier alpha value is -1.82. The summed E-state index contributed by atoms with van der Waals surface area (Å²) < 4.78 is 3.54. The molecule has 0 fully saturated rings. The Morgan fingerprint density at radius 2 is 2.00 bits per heavy atom. The van der Waals surface area contributed by atoms with Crippen molar-refractivity contribution in [1.29, 1.82) is 0 Å². The Labute approximate surface area is 135 Å². The second kappa shape index (κ2) is 6.52. The topological polar surface area (TPSA) is 64.7 Å². The first-order valence-electron chi connectivity index (χ1n) is 7.26. The van der Waals surface area contributed by atoms with Crippen LogP contribution in [0, 0.1) is 26.7 Å². The van der Waals surface area contributed by atoms with Crippen LogP contribution in [0.1, 0.15) is 29.6 Å². The second-order valence-electron chi connectivity index (χ2n) is 5.70. The van der Waals surface area contributed by atoms with Crippen molar-refractivity contribution in [1.82, 2.24) is 24.9 Å². The maximum Gasteiger partial charge on any atom is 0.224 e. The average Bonchev–Trinajstić information content (AvgIpc) is 2.90. The van der Waals surface area contributed by atoms with Gasteiger partial charge in [0.05, 0.1) is 34.6 Å². The third-order valence-corrected chi connectivity index (χ3v) is 4.30. The molecule has 1 unspecified atom stereocenters. The number of hydrogen-bond donors (Lipinski definition) is 1. The lowest BCUT2D eigenvalue weighted by Gasteiger charge is -2.13. The van der Waals surface area contributed by atoms with Crippen LogP contribution in [0.2, 0.25) is 5.02 Å². The molecule has 0 aliphatic rings. The Morgan fingerprint density at radius 1 is 1.32 bits per heavy atom. The molecule has 0 aliphatic heterocycles. The highest BCUT2D eigenvalue weighted by Crippen LogP contribution is 2.19. The second-order valence-corrected chi connectivity index (χ2v) is 6.08. The molecule has 1 atom stereocenters. The fraction of sp³-hybridized carbons (Fsp3) is 0.533. The zero-order valence-electron chi connectivity index (χ0n) is 13.6. The molecule has 22 heavy (non-hydrogen) atoms. The molecular weight excluding hydrogens is 302 g/mol. The van der Waals surface area contributed by atoms with Gasteiger partial charge in [0.2, 0.25) is 5.91 Å². The molecule has 0 radical (unpaired) electrons. The number of carbonyl (C=O) groups excluding carboxylic acids is 1. The molecular formula is C15H22ClN5O. The van der Waals surface area contributed by atoms with Crippen LogP contribution < -0.4 is 5.32 Å². The van der Waals surface area contributed by atoms with Crippen molar-refractivity contribution in [3.05, 3.63) is 33.9 Å². The van der Waals surface area contributed by atoms with Gasteiger partial charge in [0.15, 0.2) is 0 Å². The van der Waals surface area contributed by atoms with E-state index in [1.54, 1.807) is 9.36 Å². The van der Waals surface area contributed by atoms with Gasteiger partial charge >= 0.3 is 0 Å². The van der Waals surface area contributed by atoms with Gasteiger partial charge in [-0.1, -0.05) is 18.5 Å². The monoisotopic (exact) mass is 323 g/mol. The zero-order chi connectivity index (χ0) is 16.4. The predicted octanol–water partition coefficient (Wildman–Crippen LogP) is 2.15. The van der Waals surface area contributed by atoms with E-state index in [4.69, 9.17) is 11.6 Å². The number of hydrogen-bond acceptors (Lipinski definition) is 3. The number of halogens is 1. The molecule has 0 aromatic carbocycles. The van der Waals surface area contributed by atoms with Crippen LogP contribution in [0.3, 0.4) is 0 Å². The van der Waals surface area contributed by atoms with Gasteiger partial charge in [0.25, 0.3) is 0 Å². The summed E-state index contributed by atoms with van der Waals surface area (Å²) in [4.78, 5) is 12.2. The third-order valence-electron chi connectivity index (χ3n) is 3.76. The van der Waals surface area contributed by atoms with Crippen LogP contribution in [0.15, 0.2) is 6.20 Å². The summed E-state index contributed by atoms with van der Waals surface area (Å²) in [5.74, 6) is -0.196. The largest absolute Gasteiger partial charge is 0.352 e. The number of aromatic nitrogens is 4. The van der Waals surface area contributed by atoms with Gasteiger partial charge < -0.3 is 5.32 Å². The van der Waals surface area contributed by atoms with Crippen LogP contribution in [0.25, 0.3) is 0 Å². The summed E-state index contributed by atoms with van der Waals surface area (Å²) in [5.41, 5.74) is 3.64. The van der Waals surface area contributed by atoms with Gasteiger partial charge in [-0.25, -0.2) is 0 Å². The van der Waals surface area contributed by atoms with Crippen LogP contribution in [-0.2, 0) is 24.9 Å². The number of aryl methyl sites for hydroxylation is 3. The molecule has 1 amide bonds. The molecule has 2 heterocycles. The van der Waals surface area contributed by atoms with Gasteiger partial charge in [0.1, 0.15) is 0 Å². The fourth-order valence-electron chi connectivity index (χ4n) is 2.37. The molecule has 2 aromatic rings. The predicted molar refractivity (Wildman–Crippen MR) is 85.7 cm³/mol. The fourth-order valence-corrected chi connectivity index (χ4v) is 2.51. The zero-order valence-corrected chi connectivity index (χ0v) is 14.4. The highest BCUT2D eigenvalue weighted by atomic mass is 35.5. The van der Waals surface area contributed by atoms with Crippen molar-refractivity contribution in [2.24, 2.45) is 13.0 Å². The van der Waals surface area contributed by atoms with Gasteiger partial charge in [-0.2, -0.15) is 10.2 Å². The molecule has 1 N–H and O–H groups in total. The molecule has 7 heteroatoms. The standard InChI is InChI=1S/C15H22ClN5O/c1-9(7-21-12(4)14(16)11(3)19-21)15(22)17-6-13-8-20(5)18-10(13)2/h8-9H,6-7H2,1-5H3,(H,17,22). The van der Waals surface area contributed by atoms with E-state index in [1.165, 1.54) is 0 Å². The van der Waals surface area contributed by atoms with Crippen LogP contribution >= 0.6 is 11.6 Å². The number of rotatable bonds is 5. The maximum atomic E-state index is 12.2. The lowest BCUT2D eigenvalue weighted by atomic mass is 10.1. The third kappa shape index (κ3) is 3.50. The molecule has 120 valence electrons. The van der Waals surface area contributed by atoms with Crippen LogP contribution in [0.4, 0.5) is 0 Å². The Kier molecular flexibility index (Phi) is 4.90. The van der Waals surface area contributed by atoms with Crippen molar-refractivity contribution < 1.29 is 4.79 Å². The van der Waals surface area contributed by atoms with E-state index < -0.39 is 0 Å². The van der Waals surface area contributed by atoms with Gasteiger partial charge in [-0.05, 0) is 20.8 Å². The molecule has 0 spiro atoms. The summed E-state index contributed by atoms with van der Waals surface area (Å²) >= 11 is 6.13. The minimum atomic E-state index is -0.189. The number of carbonyl (C=O) groups is 1. The highest BCUT2D eigenvalue weighted by Gasteiger charge is 2.17. The van der Waals surface area contributed by atoms with E-state index in [2.05, 4.69) is 15.5 Å². The molecule has 2 aromatic heterocycles. The maximum absolute atomic E-state index is 12.2. The van der Waals surface area contributed by atoms with Crippen molar-refractivity contribution >= 4 is 17.5 Å². The molecule has 0 bridgehead atoms. The summed E-state index contributed by atoms with van der Waals surface area (Å²) in [6.07, 6.45) is 1.92. The smallest absolute Gasteiger partial charge is 0.224 e. The van der Waals surface area contributed by atoms with E-state index in [1.807, 2.05) is 40.9 Å². The van der Waals surface area contributed by atoms with E-state index in [-0.39, 0.29) is 11.8 Å². The lowest BCUT2D eigenvalue weighted by Crippen LogP contribution is -2.31. The first kappa shape index (κ1) is 16.5. The van der Waals surface area contributed by atoms with E-state index in [0.717, 1.165) is 22.6 Å². The highest BCUT2D eigenvalue weighted by molar-refractivity contribution is 6.31. The minimum Gasteiger partial charge on any atom is -0.352 e. The van der Waals surface area contributed by atoms with Crippen molar-refractivity contribution in [3.63, 3.8) is 0 Å². The van der Waals surface area contributed by atoms with Gasteiger partial charge in [-0.3, -0.25) is 14.2 Å². The van der Waals surface area contributed by atoms with E-state index in [0.29, 0.717) is 18.1 Å². The first-order chi connectivity index (χ1) is 10.3. The SMILES string of the molecule is Cc1nn(C)cc1CNC(=O)C(C)Cn1nc(C)c(Cl)c1C. The normalized spacial score (nSPS) is 12.5. The molecule has 2 rings (SSSR count). The van der Waals surface area contributed by atoms with Crippen LogP contribution in [-0.4, -0.2) is 25.5 Å².